The summed E-state index contributed by atoms with van der Waals surface area (Å²) in [5.74, 6) is 0.827. The topological polar surface area (TPSA) is 52.2 Å². The lowest BCUT2D eigenvalue weighted by molar-refractivity contribution is 0.796. The Kier molecular flexibility index (Phi) is 7.11. The summed E-state index contributed by atoms with van der Waals surface area (Å²) in [6, 6.07) is 18.7. The molecule has 1 heterocycles. The van der Waals surface area contributed by atoms with Crippen molar-refractivity contribution < 1.29 is 0 Å². The van der Waals surface area contributed by atoms with Gasteiger partial charge in [-0.25, -0.2) is 0 Å². The molecule has 0 spiro atoms. The van der Waals surface area contributed by atoms with Crippen molar-refractivity contribution in [2.24, 2.45) is 4.99 Å². The standard InChI is InChI=1S/C19H22N4.HI/c1-20-19(23-13-15-7-3-2-4-8-15)21-12-11-16-14-22-18-10-6-5-9-17(16)18;/h2-10,14,22H,11-13H2,1H3,(H2,20,21,23);1H. The van der Waals surface area contributed by atoms with Gasteiger partial charge in [-0.2, -0.15) is 0 Å². The number of nitrogens with one attached hydrogen (secondary N) is 3. The van der Waals surface area contributed by atoms with Crippen LogP contribution < -0.4 is 10.6 Å². The maximum Gasteiger partial charge on any atom is 0.191 e. The van der Waals surface area contributed by atoms with Gasteiger partial charge < -0.3 is 15.6 Å². The van der Waals surface area contributed by atoms with Crippen LogP contribution in [0.1, 0.15) is 11.1 Å². The summed E-state index contributed by atoms with van der Waals surface area (Å²) in [6.45, 7) is 1.61. The Morgan fingerprint density at radius 1 is 1.00 bits per heavy atom. The fourth-order valence-corrected chi connectivity index (χ4v) is 2.66. The largest absolute Gasteiger partial charge is 0.361 e. The van der Waals surface area contributed by atoms with Crippen LogP contribution in [0, 0.1) is 0 Å². The first-order valence-electron chi connectivity index (χ1n) is 7.90. The fraction of sp³-hybridized carbons (Fsp3) is 0.211. The molecule has 3 aromatic rings. The number of benzene rings is 2. The molecule has 0 bridgehead atoms. The first-order chi connectivity index (χ1) is 11.4. The number of guanidine groups is 1. The van der Waals surface area contributed by atoms with Crippen molar-refractivity contribution in [2.75, 3.05) is 13.6 Å². The van der Waals surface area contributed by atoms with E-state index in [9.17, 15) is 0 Å². The van der Waals surface area contributed by atoms with Crippen LogP contribution >= 0.6 is 24.0 Å². The van der Waals surface area contributed by atoms with Gasteiger partial charge in [0.25, 0.3) is 0 Å². The second-order valence-corrected chi connectivity index (χ2v) is 5.45. The van der Waals surface area contributed by atoms with E-state index < -0.39 is 0 Å². The van der Waals surface area contributed by atoms with Crippen molar-refractivity contribution in [2.45, 2.75) is 13.0 Å². The molecule has 5 heteroatoms. The highest BCUT2D eigenvalue weighted by Crippen LogP contribution is 2.17. The van der Waals surface area contributed by atoms with Gasteiger partial charge in [-0.15, -0.1) is 24.0 Å². The Labute approximate surface area is 159 Å². The summed E-state index contributed by atoms with van der Waals surface area (Å²) in [4.78, 5) is 7.58. The lowest BCUT2D eigenvalue weighted by atomic mass is 10.1. The number of aromatic nitrogens is 1. The molecular weight excluding hydrogens is 411 g/mol. The molecule has 0 fully saturated rings. The molecule has 0 aliphatic heterocycles. The van der Waals surface area contributed by atoms with Gasteiger partial charge in [0, 0.05) is 37.2 Å². The van der Waals surface area contributed by atoms with E-state index in [2.05, 4.69) is 63.2 Å². The summed E-state index contributed by atoms with van der Waals surface area (Å²) in [5.41, 5.74) is 3.76. The minimum absolute atomic E-state index is 0. The molecule has 0 aliphatic carbocycles. The van der Waals surface area contributed by atoms with Crippen LogP contribution in [-0.2, 0) is 13.0 Å². The number of nitrogens with zero attached hydrogens (tertiary/aromatic N) is 1. The zero-order valence-corrected chi connectivity index (χ0v) is 16.1. The molecular formula is C19H23IN4. The molecule has 0 amide bonds. The number of hydrogen-bond donors (Lipinski definition) is 3. The highest BCUT2D eigenvalue weighted by atomic mass is 127. The first-order valence-corrected chi connectivity index (χ1v) is 7.90. The molecule has 4 nitrogen and oxygen atoms in total. The van der Waals surface area contributed by atoms with Gasteiger partial charge >= 0.3 is 0 Å². The van der Waals surface area contributed by atoms with Crippen molar-refractivity contribution in [1.82, 2.24) is 15.6 Å². The third-order valence-corrected chi connectivity index (χ3v) is 3.89. The van der Waals surface area contributed by atoms with Crippen LogP contribution in [0.4, 0.5) is 0 Å². The smallest absolute Gasteiger partial charge is 0.191 e. The number of halogens is 1. The Morgan fingerprint density at radius 2 is 1.75 bits per heavy atom. The SMILES string of the molecule is CN=C(NCCc1c[nH]c2ccccc12)NCc1ccccc1.I. The van der Waals surface area contributed by atoms with Crippen LogP contribution in [0.25, 0.3) is 10.9 Å². The summed E-state index contributed by atoms with van der Waals surface area (Å²) in [6.07, 6.45) is 3.04. The maximum atomic E-state index is 4.27. The van der Waals surface area contributed by atoms with Gasteiger partial charge in [0.15, 0.2) is 5.96 Å². The second kappa shape index (κ2) is 9.32. The highest BCUT2D eigenvalue weighted by Gasteiger charge is 2.03. The van der Waals surface area contributed by atoms with Crippen molar-refractivity contribution in [3.05, 3.63) is 71.9 Å². The summed E-state index contributed by atoms with van der Waals surface area (Å²) in [5, 5.41) is 7.99. The number of aromatic amines is 1. The molecule has 0 saturated heterocycles. The maximum absolute atomic E-state index is 4.27. The third kappa shape index (κ3) is 4.74. The average Bonchev–Trinajstić information content (AvgIpc) is 3.02. The van der Waals surface area contributed by atoms with E-state index in [1.165, 1.54) is 22.0 Å². The predicted octanol–water partition coefficient (Wildman–Crippen LogP) is 3.69. The van der Waals surface area contributed by atoms with E-state index in [1.807, 2.05) is 18.2 Å². The molecule has 3 rings (SSSR count). The molecule has 0 unspecified atom stereocenters. The van der Waals surface area contributed by atoms with Crippen LogP contribution in [0.2, 0.25) is 0 Å². The molecule has 0 aliphatic rings. The van der Waals surface area contributed by atoms with E-state index in [4.69, 9.17) is 0 Å². The minimum atomic E-state index is 0. The van der Waals surface area contributed by atoms with Crippen molar-refractivity contribution >= 4 is 40.8 Å². The number of rotatable bonds is 5. The molecule has 24 heavy (non-hydrogen) atoms. The molecule has 3 N–H and O–H groups in total. The van der Waals surface area contributed by atoms with Gasteiger partial charge in [0.1, 0.15) is 0 Å². The number of H-pyrrole nitrogens is 1. The zero-order valence-electron chi connectivity index (χ0n) is 13.8. The lowest BCUT2D eigenvalue weighted by Crippen LogP contribution is -2.37. The third-order valence-electron chi connectivity index (χ3n) is 3.89. The lowest BCUT2D eigenvalue weighted by Gasteiger charge is -2.11. The fourth-order valence-electron chi connectivity index (χ4n) is 2.66. The molecule has 0 radical (unpaired) electrons. The Morgan fingerprint density at radius 3 is 2.54 bits per heavy atom. The molecule has 2 aromatic carbocycles. The quantitative estimate of drug-likeness (QED) is 0.326. The monoisotopic (exact) mass is 434 g/mol. The van der Waals surface area contributed by atoms with Crippen molar-refractivity contribution in [3.63, 3.8) is 0 Å². The van der Waals surface area contributed by atoms with E-state index in [1.54, 1.807) is 7.05 Å². The predicted molar refractivity (Wildman–Crippen MR) is 112 cm³/mol. The second-order valence-electron chi connectivity index (χ2n) is 5.45. The molecule has 126 valence electrons. The van der Waals surface area contributed by atoms with E-state index in [-0.39, 0.29) is 24.0 Å². The summed E-state index contributed by atoms with van der Waals surface area (Å²) < 4.78 is 0. The molecule has 0 atom stereocenters. The first kappa shape index (κ1) is 18.3. The Hall–Kier alpha value is -2.02. The zero-order chi connectivity index (χ0) is 15.9. The van der Waals surface area contributed by atoms with Crippen molar-refractivity contribution in [1.29, 1.82) is 0 Å². The normalized spacial score (nSPS) is 11.1. The average molecular weight is 434 g/mol. The number of fused-ring (bicyclic) bond motifs is 1. The van der Waals surface area contributed by atoms with Gasteiger partial charge in [0.05, 0.1) is 0 Å². The molecule has 1 aromatic heterocycles. The van der Waals surface area contributed by atoms with Crippen LogP contribution in [0.3, 0.4) is 0 Å². The highest BCUT2D eigenvalue weighted by molar-refractivity contribution is 14.0. The summed E-state index contributed by atoms with van der Waals surface area (Å²) in [7, 11) is 1.80. The number of para-hydroxylation sites is 1. The Balaban J connectivity index is 0.00000208. The van der Waals surface area contributed by atoms with Crippen LogP contribution in [0.15, 0.2) is 65.8 Å². The number of hydrogen-bond acceptors (Lipinski definition) is 1. The number of aliphatic imine (C=N–C) groups is 1. The van der Waals surface area contributed by atoms with Gasteiger partial charge in [0.2, 0.25) is 0 Å². The van der Waals surface area contributed by atoms with E-state index in [0.717, 1.165) is 25.5 Å². The van der Waals surface area contributed by atoms with Crippen LogP contribution in [-0.4, -0.2) is 24.5 Å². The van der Waals surface area contributed by atoms with Gasteiger partial charge in [-0.05, 0) is 23.6 Å². The van der Waals surface area contributed by atoms with E-state index in [0.29, 0.717) is 0 Å². The molecule has 0 saturated carbocycles. The Bertz CT molecular complexity index is 780. The van der Waals surface area contributed by atoms with Gasteiger partial charge in [-0.1, -0.05) is 48.5 Å². The van der Waals surface area contributed by atoms with Gasteiger partial charge in [-0.3, -0.25) is 4.99 Å². The minimum Gasteiger partial charge on any atom is -0.361 e. The summed E-state index contributed by atoms with van der Waals surface area (Å²) >= 11 is 0. The van der Waals surface area contributed by atoms with Crippen LogP contribution in [0.5, 0.6) is 0 Å². The van der Waals surface area contributed by atoms with Crippen molar-refractivity contribution in [3.8, 4) is 0 Å². The van der Waals surface area contributed by atoms with E-state index >= 15 is 0 Å².